The summed E-state index contributed by atoms with van der Waals surface area (Å²) in [5.41, 5.74) is 2.47. The van der Waals surface area contributed by atoms with E-state index in [1.54, 1.807) is 25.1 Å². The van der Waals surface area contributed by atoms with Crippen molar-refractivity contribution in [2.75, 3.05) is 24.3 Å². The summed E-state index contributed by atoms with van der Waals surface area (Å²) in [4.78, 5) is 29.1. The molecule has 1 heterocycles. The van der Waals surface area contributed by atoms with Gasteiger partial charge < -0.3 is 30.5 Å². The number of oxazole rings is 1. The highest BCUT2D eigenvalue weighted by Gasteiger charge is 2.30. The van der Waals surface area contributed by atoms with Gasteiger partial charge >= 0.3 is 0 Å². The van der Waals surface area contributed by atoms with E-state index in [4.69, 9.17) is 14.6 Å². The molecule has 0 saturated carbocycles. The van der Waals surface area contributed by atoms with Crippen LogP contribution in [0.4, 0.5) is 11.4 Å². The van der Waals surface area contributed by atoms with Crippen LogP contribution in [-0.4, -0.2) is 43.1 Å². The zero-order chi connectivity index (χ0) is 24.5. The number of ketones is 1. The van der Waals surface area contributed by atoms with Crippen LogP contribution in [0, 0.1) is 12.3 Å². The number of methoxy groups -OCH3 is 1. The maximum Gasteiger partial charge on any atom is 0.213 e. The summed E-state index contributed by atoms with van der Waals surface area (Å²) < 4.78 is 11.2. The van der Waals surface area contributed by atoms with Gasteiger partial charge in [-0.05, 0) is 25.1 Å². The maximum atomic E-state index is 13.8. The first-order valence-electron chi connectivity index (χ1n) is 10.7. The van der Waals surface area contributed by atoms with Gasteiger partial charge in [-0.2, -0.15) is 0 Å². The Bertz CT molecular complexity index is 1190. The van der Waals surface area contributed by atoms with Gasteiger partial charge in [0.15, 0.2) is 17.3 Å². The number of carbonyl (C=O) groups excluding carboxylic acids is 2. The van der Waals surface area contributed by atoms with Crippen LogP contribution in [0.2, 0.25) is 0 Å². The fourth-order valence-corrected chi connectivity index (χ4v) is 3.48. The van der Waals surface area contributed by atoms with Crippen LogP contribution in [0.1, 0.15) is 23.3 Å². The fourth-order valence-electron chi connectivity index (χ4n) is 3.48. The van der Waals surface area contributed by atoms with E-state index in [0.717, 1.165) is 11.8 Å². The van der Waals surface area contributed by atoms with Crippen LogP contribution >= 0.6 is 0 Å². The molecule has 1 amide bonds. The predicted octanol–water partition coefficient (Wildman–Crippen LogP) is 4.03. The van der Waals surface area contributed by atoms with Crippen molar-refractivity contribution in [2.45, 2.75) is 19.9 Å². The van der Waals surface area contributed by atoms with E-state index in [9.17, 15) is 9.59 Å². The molecule has 9 nitrogen and oxygen atoms in total. The molecule has 4 N–H and O–H groups in total. The van der Waals surface area contributed by atoms with Gasteiger partial charge in [0.25, 0.3) is 0 Å². The first kappa shape index (κ1) is 24.2. The Labute approximate surface area is 197 Å². The van der Waals surface area contributed by atoms with E-state index in [1.807, 2.05) is 37.3 Å². The maximum absolute atomic E-state index is 13.8. The van der Waals surface area contributed by atoms with Crippen molar-refractivity contribution in [1.29, 1.82) is 5.41 Å². The molecule has 0 radical (unpaired) electrons. The second-order valence-electron chi connectivity index (χ2n) is 7.21. The van der Waals surface area contributed by atoms with Crippen LogP contribution in [0.3, 0.4) is 0 Å². The smallest absolute Gasteiger partial charge is 0.213 e. The Hall–Kier alpha value is -4.40. The third kappa shape index (κ3) is 5.50. The number of nitrogens with one attached hydrogen (secondary N) is 4. The molecule has 0 aliphatic carbocycles. The van der Waals surface area contributed by atoms with Crippen molar-refractivity contribution in [3.63, 3.8) is 0 Å². The van der Waals surface area contributed by atoms with E-state index < -0.39 is 6.04 Å². The van der Waals surface area contributed by atoms with Gasteiger partial charge in [-0.25, -0.2) is 4.98 Å². The van der Waals surface area contributed by atoms with Gasteiger partial charge in [0.2, 0.25) is 12.2 Å². The molecule has 0 bridgehead atoms. The number of carbonyl (C=O) groups is 2. The number of hydrogen-bond donors (Lipinski definition) is 4. The van der Waals surface area contributed by atoms with Gasteiger partial charge in [0.05, 0.1) is 12.8 Å². The van der Waals surface area contributed by atoms with Crippen molar-refractivity contribution < 1.29 is 18.7 Å². The minimum Gasteiger partial charge on any atom is -0.494 e. The number of Topliss-reactive ketones (excluding diaryl/α,β-unsaturated/α-hetero) is 1. The molecule has 3 rings (SSSR count). The summed E-state index contributed by atoms with van der Waals surface area (Å²) in [6.45, 7) is 4.13. The molecule has 0 spiro atoms. The van der Waals surface area contributed by atoms with E-state index >= 15 is 0 Å². The summed E-state index contributed by atoms with van der Waals surface area (Å²) >= 11 is 0. The van der Waals surface area contributed by atoms with Crippen molar-refractivity contribution in [2.24, 2.45) is 0 Å². The zero-order valence-corrected chi connectivity index (χ0v) is 19.2. The number of allylic oxidation sites excluding steroid dienone is 1. The number of benzene rings is 2. The Kier molecular flexibility index (Phi) is 8.17. The lowest BCUT2D eigenvalue weighted by atomic mass is 10.0. The highest BCUT2D eigenvalue weighted by molar-refractivity contribution is 6.06. The Morgan fingerprint density at radius 1 is 1.24 bits per heavy atom. The van der Waals surface area contributed by atoms with Crippen LogP contribution < -0.4 is 20.7 Å². The summed E-state index contributed by atoms with van der Waals surface area (Å²) in [7, 11) is 1.49. The minimum absolute atomic E-state index is 0.182. The molecule has 34 heavy (non-hydrogen) atoms. The van der Waals surface area contributed by atoms with Crippen molar-refractivity contribution in [3.05, 3.63) is 71.9 Å². The minimum atomic E-state index is -0.900. The average Bonchev–Trinajstić information content (AvgIpc) is 3.25. The van der Waals surface area contributed by atoms with Gasteiger partial charge in [0, 0.05) is 42.7 Å². The molecule has 0 aliphatic heterocycles. The second kappa shape index (κ2) is 11.5. The number of aromatic nitrogens is 1. The summed E-state index contributed by atoms with van der Waals surface area (Å²) in [6.07, 6.45) is 3.20. The van der Waals surface area contributed by atoms with E-state index in [2.05, 4.69) is 20.9 Å². The molecule has 0 saturated heterocycles. The van der Waals surface area contributed by atoms with Gasteiger partial charge in [0.1, 0.15) is 11.8 Å². The van der Waals surface area contributed by atoms with Crippen molar-refractivity contribution in [1.82, 2.24) is 10.3 Å². The first-order valence-corrected chi connectivity index (χ1v) is 10.7. The van der Waals surface area contributed by atoms with Crippen molar-refractivity contribution >= 4 is 29.8 Å². The highest BCUT2D eigenvalue weighted by Crippen LogP contribution is 2.30. The van der Waals surface area contributed by atoms with E-state index in [0.29, 0.717) is 47.4 Å². The first-order chi connectivity index (χ1) is 16.5. The monoisotopic (exact) mass is 461 g/mol. The number of nitrogens with zero attached hydrogens (tertiary/aromatic N) is 1. The molecule has 1 aromatic heterocycles. The summed E-state index contributed by atoms with van der Waals surface area (Å²) in [5, 5.41) is 16.5. The van der Waals surface area contributed by atoms with E-state index in [-0.39, 0.29) is 11.5 Å². The summed E-state index contributed by atoms with van der Waals surface area (Å²) in [6, 6.07) is 13.5. The SMILES string of the molecule is CCN/C(=C\C=N)C(Nc1ccc(NC=O)c(OC)c1)C(=O)c1nc(C)oc1-c1ccccc1. The molecule has 1 atom stereocenters. The predicted molar refractivity (Wildman–Crippen MR) is 132 cm³/mol. The normalized spacial score (nSPS) is 11.9. The van der Waals surface area contributed by atoms with Crippen molar-refractivity contribution in [3.8, 4) is 17.1 Å². The van der Waals surface area contributed by atoms with Crippen LogP contribution in [0.5, 0.6) is 5.75 Å². The molecule has 9 heteroatoms. The van der Waals surface area contributed by atoms with E-state index in [1.165, 1.54) is 13.2 Å². The molecule has 2 aromatic carbocycles. The lowest BCUT2D eigenvalue weighted by Crippen LogP contribution is -2.38. The molecular formula is C25H27N5O4. The number of aryl methyl sites for hydroxylation is 1. The molecule has 176 valence electrons. The van der Waals surface area contributed by atoms with Gasteiger partial charge in [-0.15, -0.1) is 0 Å². The lowest BCUT2D eigenvalue weighted by Gasteiger charge is -2.23. The fraction of sp³-hybridized carbons (Fsp3) is 0.200. The molecule has 0 aliphatic rings. The summed E-state index contributed by atoms with van der Waals surface area (Å²) in [5.74, 6) is 0.835. The van der Waals surface area contributed by atoms with Crippen LogP contribution in [0.25, 0.3) is 11.3 Å². The molecular weight excluding hydrogens is 434 g/mol. The highest BCUT2D eigenvalue weighted by atomic mass is 16.5. The molecule has 0 fully saturated rings. The number of anilines is 2. The second-order valence-corrected chi connectivity index (χ2v) is 7.21. The number of amides is 1. The standard InChI is InChI=1S/C25H27N5O4/c1-4-27-20(12-13-26)22(30-18-10-11-19(28-15-31)21(14-18)33-3)24(32)23-25(34-16(2)29-23)17-8-6-5-7-9-17/h5-15,22,26-27,30H,4H2,1-3H3,(H,28,31)/b20-12-,26-13?. The lowest BCUT2D eigenvalue weighted by molar-refractivity contribution is -0.105. The third-order valence-electron chi connectivity index (χ3n) is 4.95. The number of rotatable bonds is 12. The van der Waals surface area contributed by atoms with Crippen LogP contribution in [-0.2, 0) is 4.79 Å². The number of ether oxygens (including phenoxy) is 1. The Balaban J connectivity index is 2.06. The largest absolute Gasteiger partial charge is 0.494 e. The molecule has 3 aromatic rings. The zero-order valence-electron chi connectivity index (χ0n) is 19.2. The topological polar surface area (TPSA) is 129 Å². The van der Waals surface area contributed by atoms with Crippen LogP contribution in [0.15, 0.2) is 64.7 Å². The van der Waals surface area contributed by atoms with Gasteiger partial charge in [-0.3, -0.25) is 9.59 Å². The number of likely N-dealkylation sites (N-methyl/N-ethyl adjacent to an activating group) is 1. The Morgan fingerprint density at radius 2 is 2.00 bits per heavy atom. The molecule has 1 unspecified atom stereocenters. The quantitative estimate of drug-likeness (QED) is 0.182. The third-order valence-corrected chi connectivity index (χ3v) is 4.95. The average molecular weight is 462 g/mol. The number of hydrogen-bond acceptors (Lipinski definition) is 8. The Morgan fingerprint density at radius 3 is 2.65 bits per heavy atom. The van der Waals surface area contributed by atoms with Gasteiger partial charge in [-0.1, -0.05) is 30.3 Å².